The molecule has 3 N–H and O–H groups in total. The second-order valence-electron chi connectivity index (χ2n) is 3.81. The summed E-state index contributed by atoms with van der Waals surface area (Å²) in [7, 11) is 0. The van der Waals surface area contributed by atoms with Gasteiger partial charge in [-0.3, -0.25) is 4.79 Å². The van der Waals surface area contributed by atoms with E-state index in [0.717, 1.165) is 12.8 Å². The Bertz CT molecular complexity index is 197. The summed E-state index contributed by atoms with van der Waals surface area (Å²) in [5.74, 6) is 0.101. The van der Waals surface area contributed by atoms with E-state index >= 15 is 0 Å². The predicted molar refractivity (Wildman–Crippen MR) is 64.0 cm³/mol. The number of carbonyl (C=O) groups excluding carboxylic acids is 1. The van der Waals surface area contributed by atoms with Gasteiger partial charge in [0.05, 0.1) is 5.25 Å². The molecule has 3 nitrogen and oxygen atoms in total. The predicted octanol–water partition coefficient (Wildman–Crippen LogP) is 1.16. The second-order valence-corrected chi connectivity index (χ2v) is 4.99. The van der Waals surface area contributed by atoms with Crippen LogP contribution in [0, 0.1) is 0 Å². The lowest BCUT2D eigenvalue weighted by molar-refractivity contribution is -0.120. The zero-order valence-electron chi connectivity index (χ0n) is 8.71. The third-order valence-electron chi connectivity index (χ3n) is 2.69. The molecule has 1 aliphatic rings. The molecule has 1 atom stereocenters. The molecule has 0 aromatic rings. The summed E-state index contributed by atoms with van der Waals surface area (Å²) >= 11 is 1.56. The van der Waals surface area contributed by atoms with Crippen LogP contribution in [-0.2, 0) is 4.79 Å². The highest BCUT2D eigenvalue weighted by molar-refractivity contribution is 7.99. The molecule has 0 aliphatic heterocycles. The van der Waals surface area contributed by atoms with Gasteiger partial charge in [-0.05, 0) is 32.4 Å². The van der Waals surface area contributed by atoms with Crippen molar-refractivity contribution in [2.24, 2.45) is 5.73 Å². The maximum atomic E-state index is 11.4. The number of hydrogen-bond acceptors (Lipinski definition) is 3. The molecule has 0 aromatic carbocycles. The van der Waals surface area contributed by atoms with Crippen molar-refractivity contribution < 1.29 is 4.79 Å². The molecule has 1 saturated carbocycles. The average Bonchev–Trinajstić information content (AvgIpc) is 2.09. The number of amides is 1. The molecule has 1 rings (SSSR count). The van der Waals surface area contributed by atoms with Crippen molar-refractivity contribution in [3.05, 3.63) is 0 Å². The minimum absolute atomic E-state index is 0. The standard InChI is InChI=1S/C9H18N2OS.ClH/c1-7(13-2)8(12)11-6-9(10)4-3-5-9;/h7H,3-6,10H2,1-2H3,(H,11,12);1H. The lowest BCUT2D eigenvalue weighted by Gasteiger charge is -2.38. The zero-order valence-corrected chi connectivity index (χ0v) is 10.3. The number of hydrogen-bond donors (Lipinski definition) is 2. The maximum absolute atomic E-state index is 11.4. The fourth-order valence-electron chi connectivity index (χ4n) is 1.32. The summed E-state index contributed by atoms with van der Waals surface area (Å²) in [6, 6.07) is 0. The Morgan fingerprint density at radius 3 is 2.57 bits per heavy atom. The average molecular weight is 239 g/mol. The molecule has 1 amide bonds. The molecule has 0 spiro atoms. The van der Waals surface area contributed by atoms with Gasteiger partial charge in [0, 0.05) is 12.1 Å². The first kappa shape index (κ1) is 14.1. The molecule has 0 bridgehead atoms. The van der Waals surface area contributed by atoms with E-state index in [0.29, 0.717) is 6.54 Å². The first-order valence-corrected chi connectivity index (χ1v) is 5.95. The number of thioether (sulfide) groups is 1. The van der Waals surface area contributed by atoms with E-state index in [-0.39, 0.29) is 29.1 Å². The van der Waals surface area contributed by atoms with E-state index in [1.165, 1.54) is 6.42 Å². The van der Waals surface area contributed by atoms with Crippen molar-refractivity contribution in [2.45, 2.75) is 37.0 Å². The van der Waals surface area contributed by atoms with Crippen molar-refractivity contribution >= 4 is 30.1 Å². The van der Waals surface area contributed by atoms with Crippen LogP contribution in [-0.4, -0.2) is 29.5 Å². The van der Waals surface area contributed by atoms with Crippen molar-refractivity contribution in [3.63, 3.8) is 0 Å². The van der Waals surface area contributed by atoms with Gasteiger partial charge >= 0.3 is 0 Å². The molecule has 0 aromatic heterocycles. The molecular formula is C9H19ClN2OS. The van der Waals surface area contributed by atoms with E-state index in [1.54, 1.807) is 11.8 Å². The number of rotatable bonds is 4. The van der Waals surface area contributed by atoms with Gasteiger partial charge in [0.15, 0.2) is 0 Å². The third-order valence-corrected chi connectivity index (χ3v) is 3.61. The fourth-order valence-corrected chi connectivity index (χ4v) is 1.62. The summed E-state index contributed by atoms with van der Waals surface area (Å²) < 4.78 is 0. The smallest absolute Gasteiger partial charge is 0.232 e. The van der Waals surface area contributed by atoms with Crippen molar-refractivity contribution in [3.8, 4) is 0 Å². The number of nitrogens with two attached hydrogens (primary N) is 1. The van der Waals surface area contributed by atoms with Crippen LogP contribution in [0.5, 0.6) is 0 Å². The zero-order chi connectivity index (χ0) is 9.90. The van der Waals surface area contributed by atoms with Crippen LogP contribution in [0.15, 0.2) is 0 Å². The van der Waals surface area contributed by atoms with Crippen LogP contribution in [0.1, 0.15) is 26.2 Å². The van der Waals surface area contributed by atoms with Crippen molar-refractivity contribution in [2.75, 3.05) is 12.8 Å². The van der Waals surface area contributed by atoms with Gasteiger partial charge in [0.2, 0.25) is 5.91 Å². The van der Waals surface area contributed by atoms with Crippen LogP contribution in [0.4, 0.5) is 0 Å². The van der Waals surface area contributed by atoms with Gasteiger partial charge in [0.25, 0.3) is 0 Å². The van der Waals surface area contributed by atoms with Gasteiger partial charge < -0.3 is 11.1 Å². The Morgan fingerprint density at radius 1 is 1.64 bits per heavy atom. The Labute approximate surface area is 96.0 Å². The fraction of sp³-hybridized carbons (Fsp3) is 0.889. The van der Waals surface area contributed by atoms with Gasteiger partial charge in [-0.2, -0.15) is 11.8 Å². The molecule has 0 saturated heterocycles. The van der Waals surface area contributed by atoms with Crippen molar-refractivity contribution in [1.82, 2.24) is 5.32 Å². The highest BCUT2D eigenvalue weighted by Gasteiger charge is 2.32. The summed E-state index contributed by atoms with van der Waals surface area (Å²) in [6.07, 6.45) is 5.22. The van der Waals surface area contributed by atoms with Crippen LogP contribution < -0.4 is 11.1 Å². The lowest BCUT2D eigenvalue weighted by atomic mass is 9.78. The van der Waals surface area contributed by atoms with Gasteiger partial charge in [0.1, 0.15) is 0 Å². The molecule has 84 valence electrons. The molecule has 1 aliphatic carbocycles. The minimum Gasteiger partial charge on any atom is -0.353 e. The largest absolute Gasteiger partial charge is 0.353 e. The normalized spacial score (nSPS) is 20.2. The van der Waals surface area contributed by atoms with Crippen LogP contribution in [0.25, 0.3) is 0 Å². The van der Waals surface area contributed by atoms with Gasteiger partial charge in [-0.15, -0.1) is 12.4 Å². The van der Waals surface area contributed by atoms with E-state index in [9.17, 15) is 4.79 Å². The Balaban J connectivity index is 0.00000169. The Kier molecular flexibility index (Phi) is 5.86. The number of nitrogens with one attached hydrogen (secondary N) is 1. The van der Waals surface area contributed by atoms with Crippen molar-refractivity contribution in [1.29, 1.82) is 0 Å². The molecule has 1 fully saturated rings. The van der Waals surface area contributed by atoms with Crippen LogP contribution >= 0.6 is 24.2 Å². The molecular weight excluding hydrogens is 220 g/mol. The second kappa shape index (κ2) is 5.83. The summed E-state index contributed by atoms with van der Waals surface area (Å²) in [4.78, 5) is 11.4. The van der Waals surface area contributed by atoms with Gasteiger partial charge in [-0.25, -0.2) is 0 Å². The van der Waals surface area contributed by atoms with Crippen LogP contribution in [0.2, 0.25) is 0 Å². The highest BCUT2D eigenvalue weighted by atomic mass is 35.5. The monoisotopic (exact) mass is 238 g/mol. The van der Waals surface area contributed by atoms with Crippen LogP contribution in [0.3, 0.4) is 0 Å². The molecule has 0 heterocycles. The van der Waals surface area contributed by atoms with E-state index in [1.807, 2.05) is 13.2 Å². The maximum Gasteiger partial charge on any atom is 0.232 e. The molecule has 0 radical (unpaired) electrons. The molecule has 1 unspecified atom stereocenters. The topological polar surface area (TPSA) is 55.1 Å². The van der Waals surface area contributed by atoms with E-state index in [2.05, 4.69) is 5.32 Å². The quantitative estimate of drug-likeness (QED) is 0.773. The summed E-state index contributed by atoms with van der Waals surface area (Å²) in [5, 5.41) is 2.92. The highest BCUT2D eigenvalue weighted by Crippen LogP contribution is 2.28. The first-order valence-electron chi connectivity index (χ1n) is 4.67. The lowest BCUT2D eigenvalue weighted by Crippen LogP contribution is -2.55. The summed E-state index contributed by atoms with van der Waals surface area (Å²) in [5.41, 5.74) is 5.87. The van der Waals surface area contributed by atoms with E-state index in [4.69, 9.17) is 5.73 Å². The third kappa shape index (κ3) is 3.67. The SMILES string of the molecule is CSC(C)C(=O)NCC1(N)CCC1.Cl. The molecule has 14 heavy (non-hydrogen) atoms. The van der Waals surface area contributed by atoms with E-state index < -0.39 is 0 Å². The number of halogens is 1. The first-order chi connectivity index (χ1) is 6.07. The Morgan fingerprint density at radius 2 is 2.21 bits per heavy atom. The van der Waals surface area contributed by atoms with Gasteiger partial charge in [-0.1, -0.05) is 0 Å². The minimum atomic E-state index is -0.103. The Hall–Kier alpha value is 0.0700. The summed E-state index contributed by atoms with van der Waals surface area (Å²) in [6.45, 7) is 2.54. The molecule has 5 heteroatoms. The number of carbonyl (C=O) groups is 1.